The van der Waals surface area contributed by atoms with Crippen LogP contribution in [0, 0.1) is 0 Å². The van der Waals surface area contributed by atoms with E-state index in [0.29, 0.717) is 0 Å². The first-order valence-electron chi connectivity index (χ1n) is 3.12. The van der Waals surface area contributed by atoms with Gasteiger partial charge in [0.2, 0.25) is 0 Å². The molecule has 1 aromatic rings. The Hall–Kier alpha value is -1.77. The minimum atomic E-state index is -0.958. The number of nitrogens with zero attached hydrogens (tertiary/aromatic N) is 3. The molecule has 0 aliphatic heterocycles. The number of aromatic nitrogens is 2. The van der Waals surface area contributed by atoms with Gasteiger partial charge in [0, 0.05) is 12.4 Å². The summed E-state index contributed by atoms with van der Waals surface area (Å²) in [5.41, 5.74) is 1.20. The van der Waals surface area contributed by atoms with Gasteiger partial charge < -0.3 is 0 Å². The summed E-state index contributed by atoms with van der Waals surface area (Å²) >= 11 is 0. The molecule has 8 nitrogen and oxygen atoms in total. The van der Waals surface area contributed by atoms with Crippen molar-refractivity contribution in [2.45, 2.75) is 0 Å². The van der Waals surface area contributed by atoms with Crippen LogP contribution in [-0.4, -0.2) is 26.3 Å². The minimum absolute atomic E-state index is 0.222. The second kappa shape index (κ2) is 6.91. The summed E-state index contributed by atoms with van der Waals surface area (Å²) in [6.07, 6.45) is 4.88. The van der Waals surface area contributed by atoms with E-state index >= 15 is 0 Å². The highest BCUT2D eigenvalue weighted by Crippen LogP contribution is 1.66. The first kappa shape index (κ1) is 11.2. The molecule has 72 valence electrons. The normalized spacial score (nSPS) is 7.92. The van der Waals surface area contributed by atoms with E-state index in [2.05, 4.69) is 21.7 Å². The molecule has 0 aromatic carbocycles. The molecule has 0 aliphatic rings. The Morgan fingerprint density at radius 1 is 1.38 bits per heavy atom. The van der Waals surface area contributed by atoms with Crippen LogP contribution in [0.25, 0.3) is 0 Å². The summed E-state index contributed by atoms with van der Waals surface area (Å²) in [5.74, 6) is 9.17. The van der Waals surface area contributed by atoms with Gasteiger partial charge in [-0.25, -0.2) is 31.9 Å². The number of hydroxylamine groups is 1. The van der Waals surface area contributed by atoms with Gasteiger partial charge in [0.15, 0.2) is 0 Å². The lowest BCUT2D eigenvalue weighted by molar-refractivity contribution is 0.130. The van der Waals surface area contributed by atoms with E-state index in [1.54, 1.807) is 18.5 Å². The standard InChI is InChI=1S/C4H4N2.CH6N4O2/c1-2-5-4-6-3-1;2-5(3)1(6)4-7/h1-4H;7H,2-3H2,(H,4,6). The fourth-order valence-corrected chi connectivity index (χ4v) is 0.311. The average Bonchev–Trinajstić information content (AvgIpc) is 2.20. The van der Waals surface area contributed by atoms with Crippen LogP contribution in [-0.2, 0) is 0 Å². The fraction of sp³-hybridized carbons (Fsp3) is 0. The number of amides is 2. The molecule has 0 fully saturated rings. The first-order valence-corrected chi connectivity index (χ1v) is 3.12. The summed E-state index contributed by atoms with van der Waals surface area (Å²) in [4.78, 5) is 17.2. The van der Waals surface area contributed by atoms with E-state index in [1.165, 1.54) is 11.8 Å². The van der Waals surface area contributed by atoms with Crippen LogP contribution < -0.4 is 17.2 Å². The van der Waals surface area contributed by atoms with Gasteiger partial charge in [0.25, 0.3) is 0 Å². The van der Waals surface area contributed by atoms with E-state index in [1.807, 2.05) is 0 Å². The van der Waals surface area contributed by atoms with Gasteiger partial charge >= 0.3 is 6.03 Å². The fourth-order valence-electron chi connectivity index (χ4n) is 0.311. The van der Waals surface area contributed by atoms with Crippen molar-refractivity contribution in [3.05, 3.63) is 24.8 Å². The SMILES string of the molecule is NN(N)C(=O)NO.c1cncnc1. The number of carbonyl (C=O) groups is 1. The molecule has 8 heteroatoms. The van der Waals surface area contributed by atoms with Gasteiger partial charge in [-0.15, -0.1) is 0 Å². The second-order valence-electron chi connectivity index (χ2n) is 1.73. The van der Waals surface area contributed by atoms with Crippen molar-refractivity contribution in [1.29, 1.82) is 0 Å². The Morgan fingerprint density at radius 2 is 1.92 bits per heavy atom. The third-order valence-electron chi connectivity index (χ3n) is 0.808. The molecule has 1 aromatic heterocycles. The van der Waals surface area contributed by atoms with E-state index in [-0.39, 0.29) is 5.12 Å². The van der Waals surface area contributed by atoms with Gasteiger partial charge in [0.05, 0.1) is 0 Å². The maximum absolute atomic E-state index is 9.83. The predicted octanol–water partition coefficient (Wildman–Crippen LogP) is -1.39. The monoisotopic (exact) mass is 186 g/mol. The summed E-state index contributed by atoms with van der Waals surface area (Å²) in [6.45, 7) is 0. The maximum atomic E-state index is 9.83. The van der Waals surface area contributed by atoms with Crippen molar-refractivity contribution in [3.8, 4) is 0 Å². The minimum Gasteiger partial charge on any atom is -0.287 e. The molecule has 1 heterocycles. The Balaban J connectivity index is 0.000000223. The van der Waals surface area contributed by atoms with Crippen molar-refractivity contribution in [2.24, 2.45) is 11.7 Å². The molecule has 0 radical (unpaired) electrons. The van der Waals surface area contributed by atoms with Crippen LogP contribution in [0.4, 0.5) is 4.79 Å². The third kappa shape index (κ3) is 6.62. The lowest BCUT2D eigenvalue weighted by Gasteiger charge is -2.04. The van der Waals surface area contributed by atoms with E-state index in [9.17, 15) is 4.79 Å². The molecule has 0 atom stereocenters. The lowest BCUT2D eigenvalue weighted by atomic mass is 10.7. The quantitative estimate of drug-likeness (QED) is 0.171. The molecule has 0 saturated carbocycles. The molecular weight excluding hydrogens is 176 g/mol. The van der Waals surface area contributed by atoms with Gasteiger partial charge in [-0.1, -0.05) is 0 Å². The van der Waals surface area contributed by atoms with Gasteiger partial charge in [-0.3, -0.25) is 5.21 Å². The number of carbonyl (C=O) groups excluding carboxylic acids is 1. The number of nitrogens with one attached hydrogen (secondary N) is 1. The molecule has 0 aliphatic carbocycles. The average molecular weight is 186 g/mol. The highest BCUT2D eigenvalue weighted by molar-refractivity contribution is 5.71. The third-order valence-corrected chi connectivity index (χ3v) is 0.808. The highest BCUT2D eigenvalue weighted by Gasteiger charge is 1.97. The van der Waals surface area contributed by atoms with Crippen molar-refractivity contribution >= 4 is 6.03 Å². The van der Waals surface area contributed by atoms with Crippen LogP contribution in [0.3, 0.4) is 0 Å². The topological polar surface area (TPSA) is 130 Å². The highest BCUT2D eigenvalue weighted by atomic mass is 16.5. The Bertz CT molecular complexity index is 201. The molecule has 6 N–H and O–H groups in total. The number of hydrogen-bond acceptors (Lipinski definition) is 6. The van der Waals surface area contributed by atoms with Gasteiger partial charge in [-0.05, 0) is 6.07 Å². The zero-order valence-electron chi connectivity index (χ0n) is 6.66. The van der Waals surface area contributed by atoms with Crippen molar-refractivity contribution in [3.63, 3.8) is 0 Å². The number of rotatable bonds is 0. The molecule has 1 rings (SSSR count). The summed E-state index contributed by atoms with van der Waals surface area (Å²) in [6, 6.07) is 0.819. The summed E-state index contributed by atoms with van der Waals surface area (Å²) < 4.78 is 0. The Morgan fingerprint density at radius 3 is 2.00 bits per heavy atom. The van der Waals surface area contributed by atoms with Crippen LogP contribution in [0.5, 0.6) is 0 Å². The second-order valence-corrected chi connectivity index (χ2v) is 1.73. The van der Waals surface area contributed by atoms with E-state index < -0.39 is 6.03 Å². The van der Waals surface area contributed by atoms with Crippen LogP contribution in [0.15, 0.2) is 24.8 Å². The molecule has 0 saturated heterocycles. The van der Waals surface area contributed by atoms with E-state index in [4.69, 9.17) is 5.21 Å². The summed E-state index contributed by atoms with van der Waals surface area (Å²) in [7, 11) is 0. The number of nitrogens with two attached hydrogens (primary N) is 2. The molecule has 0 unspecified atom stereocenters. The van der Waals surface area contributed by atoms with Crippen LogP contribution in [0.1, 0.15) is 0 Å². The molecule has 13 heavy (non-hydrogen) atoms. The van der Waals surface area contributed by atoms with Crippen molar-refractivity contribution in [2.75, 3.05) is 0 Å². The molecule has 2 amide bonds. The first-order chi connectivity index (χ1) is 6.18. The van der Waals surface area contributed by atoms with Crippen LogP contribution in [0.2, 0.25) is 0 Å². The number of hydrazine groups is 2. The summed E-state index contributed by atoms with van der Waals surface area (Å²) in [5, 5.41) is 7.93. The molecular formula is C5H10N6O2. The lowest BCUT2D eigenvalue weighted by Crippen LogP contribution is -2.48. The molecule has 0 spiro atoms. The van der Waals surface area contributed by atoms with Gasteiger partial charge in [-0.2, -0.15) is 5.12 Å². The Labute approximate surface area is 74.1 Å². The number of urea groups is 1. The zero-order chi connectivity index (χ0) is 10.1. The van der Waals surface area contributed by atoms with Crippen LogP contribution >= 0.6 is 0 Å². The zero-order valence-corrected chi connectivity index (χ0v) is 6.66. The smallest absolute Gasteiger partial charge is 0.287 e. The molecule has 0 bridgehead atoms. The van der Waals surface area contributed by atoms with Crippen molar-refractivity contribution < 1.29 is 10.0 Å². The Kier molecular flexibility index (Phi) is 5.97. The van der Waals surface area contributed by atoms with Gasteiger partial charge in [0.1, 0.15) is 6.33 Å². The maximum Gasteiger partial charge on any atom is 0.370 e. The van der Waals surface area contributed by atoms with Crippen molar-refractivity contribution in [1.82, 2.24) is 20.6 Å². The van der Waals surface area contributed by atoms with E-state index in [0.717, 1.165) is 0 Å². The largest absolute Gasteiger partial charge is 0.370 e. The predicted molar refractivity (Wildman–Crippen MR) is 42.6 cm³/mol. The number of hydrogen-bond donors (Lipinski definition) is 4.